The Labute approximate surface area is 159 Å². The second kappa shape index (κ2) is 7.62. The van der Waals surface area contributed by atoms with Crippen molar-refractivity contribution in [1.29, 1.82) is 0 Å². The molecule has 4 rings (SSSR count). The van der Waals surface area contributed by atoms with Gasteiger partial charge in [0.05, 0.1) is 6.61 Å². The van der Waals surface area contributed by atoms with Crippen molar-refractivity contribution in [2.24, 2.45) is 0 Å². The van der Waals surface area contributed by atoms with Gasteiger partial charge in [0.2, 0.25) is 5.88 Å². The van der Waals surface area contributed by atoms with E-state index in [1.54, 1.807) is 0 Å². The largest absolute Gasteiger partial charge is 0.477 e. The third kappa shape index (κ3) is 3.70. The molecular weight excluding hydrogens is 336 g/mol. The number of aryl methyl sites for hydroxylation is 1. The van der Waals surface area contributed by atoms with E-state index in [1.165, 1.54) is 0 Å². The Morgan fingerprint density at radius 2 is 1.74 bits per heavy atom. The second-order valence-corrected chi connectivity index (χ2v) is 6.77. The minimum absolute atomic E-state index is 0.0279. The molecule has 0 fully saturated rings. The number of pyridine rings is 1. The van der Waals surface area contributed by atoms with Gasteiger partial charge >= 0.3 is 0 Å². The number of rotatable bonds is 3. The summed E-state index contributed by atoms with van der Waals surface area (Å²) in [6, 6.07) is 22.0. The van der Waals surface area contributed by atoms with Crippen LogP contribution in [0, 0.1) is 6.92 Å². The Hall–Kier alpha value is -3.14. The lowest BCUT2D eigenvalue weighted by Gasteiger charge is -2.27. The molecule has 3 aromatic rings. The summed E-state index contributed by atoms with van der Waals surface area (Å²) in [5.74, 6) is 0.413. The van der Waals surface area contributed by atoms with E-state index in [0.717, 1.165) is 28.8 Å². The van der Waals surface area contributed by atoms with Crippen LogP contribution >= 0.6 is 0 Å². The number of nitrogens with zero attached hydrogens (tertiary/aromatic N) is 2. The molecule has 0 N–H and O–H groups in total. The molecule has 0 saturated carbocycles. The lowest BCUT2D eigenvalue weighted by atomic mass is 9.98. The number of carbonyl (C=O) groups is 1. The number of amides is 1. The van der Waals surface area contributed by atoms with Gasteiger partial charge in [0.1, 0.15) is 5.56 Å². The zero-order valence-electron chi connectivity index (χ0n) is 15.4. The molecular formula is C23H22N2O2. The molecule has 1 aliphatic rings. The van der Waals surface area contributed by atoms with Crippen LogP contribution in [0.4, 0.5) is 0 Å². The standard InChI is InChI=1S/C23H22N2O2/c1-17-15-20(19-11-6-3-7-12-19)21-22(24-17)27-14-8-13-25(23(21)26)16-18-9-4-2-5-10-18/h2-7,9-12,15H,8,13-14,16H2,1H3. The van der Waals surface area contributed by atoms with Crippen LogP contribution in [0.1, 0.15) is 28.0 Å². The first-order valence-corrected chi connectivity index (χ1v) is 9.25. The van der Waals surface area contributed by atoms with E-state index < -0.39 is 0 Å². The summed E-state index contributed by atoms with van der Waals surface area (Å²) < 4.78 is 5.88. The van der Waals surface area contributed by atoms with Gasteiger partial charge in [0.25, 0.3) is 5.91 Å². The Balaban J connectivity index is 1.79. The number of hydrogen-bond acceptors (Lipinski definition) is 3. The molecule has 0 unspecified atom stereocenters. The van der Waals surface area contributed by atoms with Crippen LogP contribution in [-0.4, -0.2) is 28.9 Å². The summed E-state index contributed by atoms with van der Waals surface area (Å²) in [5.41, 5.74) is 4.40. The molecule has 27 heavy (non-hydrogen) atoms. The van der Waals surface area contributed by atoms with E-state index in [4.69, 9.17) is 4.74 Å². The molecule has 4 heteroatoms. The van der Waals surface area contributed by atoms with Crippen molar-refractivity contribution < 1.29 is 9.53 Å². The maximum Gasteiger partial charge on any atom is 0.260 e. The lowest BCUT2D eigenvalue weighted by molar-refractivity contribution is 0.0711. The zero-order valence-corrected chi connectivity index (χ0v) is 15.4. The second-order valence-electron chi connectivity index (χ2n) is 6.77. The molecule has 1 amide bonds. The Morgan fingerprint density at radius 3 is 2.48 bits per heavy atom. The Morgan fingerprint density at radius 1 is 1.04 bits per heavy atom. The van der Waals surface area contributed by atoms with E-state index in [0.29, 0.717) is 31.1 Å². The Bertz CT molecular complexity index is 939. The van der Waals surface area contributed by atoms with Crippen LogP contribution in [-0.2, 0) is 6.54 Å². The predicted octanol–water partition coefficient (Wildman–Crippen LogP) is 4.48. The molecule has 2 aromatic carbocycles. The summed E-state index contributed by atoms with van der Waals surface area (Å²) in [4.78, 5) is 19.9. The predicted molar refractivity (Wildman–Crippen MR) is 106 cm³/mol. The van der Waals surface area contributed by atoms with Crippen molar-refractivity contribution in [1.82, 2.24) is 9.88 Å². The first-order chi connectivity index (χ1) is 13.2. The molecule has 4 nitrogen and oxygen atoms in total. The average Bonchev–Trinajstić information content (AvgIpc) is 2.70. The molecule has 136 valence electrons. The van der Waals surface area contributed by atoms with Crippen LogP contribution in [0.2, 0.25) is 0 Å². The van der Waals surface area contributed by atoms with Gasteiger partial charge in [-0.3, -0.25) is 4.79 Å². The summed E-state index contributed by atoms with van der Waals surface area (Å²) in [5, 5.41) is 0. The van der Waals surface area contributed by atoms with Gasteiger partial charge in [-0.25, -0.2) is 4.98 Å². The van der Waals surface area contributed by atoms with Gasteiger partial charge in [0, 0.05) is 24.3 Å². The maximum absolute atomic E-state index is 13.5. The summed E-state index contributed by atoms with van der Waals surface area (Å²) in [6.45, 7) is 3.73. The normalized spacial score (nSPS) is 14.1. The number of aromatic nitrogens is 1. The maximum atomic E-state index is 13.5. The highest BCUT2D eigenvalue weighted by molar-refractivity contribution is 6.03. The monoisotopic (exact) mass is 358 g/mol. The van der Waals surface area contributed by atoms with Crippen molar-refractivity contribution in [2.45, 2.75) is 19.9 Å². The number of fused-ring (bicyclic) bond motifs is 1. The quantitative estimate of drug-likeness (QED) is 0.693. The topological polar surface area (TPSA) is 42.4 Å². The lowest BCUT2D eigenvalue weighted by Crippen LogP contribution is -2.35. The van der Waals surface area contributed by atoms with Crippen LogP contribution in [0.5, 0.6) is 5.88 Å². The van der Waals surface area contributed by atoms with Gasteiger partial charge in [-0.2, -0.15) is 0 Å². The molecule has 1 aliphatic heterocycles. The summed E-state index contributed by atoms with van der Waals surface area (Å²) in [6.07, 6.45) is 0.786. The zero-order chi connectivity index (χ0) is 18.6. The molecule has 0 spiro atoms. The van der Waals surface area contributed by atoms with Crippen molar-refractivity contribution in [3.05, 3.63) is 83.6 Å². The first-order valence-electron chi connectivity index (χ1n) is 9.25. The molecule has 0 radical (unpaired) electrons. The molecule has 1 aromatic heterocycles. The fourth-order valence-electron chi connectivity index (χ4n) is 3.44. The van der Waals surface area contributed by atoms with Crippen LogP contribution < -0.4 is 4.74 Å². The van der Waals surface area contributed by atoms with Crippen LogP contribution in [0.25, 0.3) is 11.1 Å². The van der Waals surface area contributed by atoms with E-state index in [-0.39, 0.29) is 5.91 Å². The van der Waals surface area contributed by atoms with Crippen LogP contribution in [0.3, 0.4) is 0 Å². The summed E-state index contributed by atoms with van der Waals surface area (Å²) in [7, 11) is 0. The van der Waals surface area contributed by atoms with Gasteiger partial charge in [0.15, 0.2) is 0 Å². The minimum Gasteiger partial charge on any atom is -0.477 e. The number of hydrogen-bond donors (Lipinski definition) is 0. The van der Waals surface area contributed by atoms with E-state index in [2.05, 4.69) is 17.1 Å². The molecule has 0 bridgehead atoms. The van der Waals surface area contributed by atoms with Crippen molar-refractivity contribution >= 4 is 5.91 Å². The van der Waals surface area contributed by atoms with E-state index in [1.807, 2.05) is 66.4 Å². The highest BCUT2D eigenvalue weighted by atomic mass is 16.5. The highest BCUT2D eigenvalue weighted by Gasteiger charge is 2.27. The third-order valence-corrected chi connectivity index (χ3v) is 4.73. The fourth-order valence-corrected chi connectivity index (χ4v) is 3.44. The number of carbonyl (C=O) groups excluding carboxylic acids is 1. The van der Waals surface area contributed by atoms with Gasteiger partial charge < -0.3 is 9.64 Å². The Kier molecular flexibility index (Phi) is 4.88. The van der Waals surface area contributed by atoms with Crippen LogP contribution in [0.15, 0.2) is 66.7 Å². The van der Waals surface area contributed by atoms with Gasteiger partial charge in [-0.15, -0.1) is 0 Å². The van der Waals surface area contributed by atoms with Gasteiger partial charge in [-0.1, -0.05) is 60.7 Å². The molecule has 2 heterocycles. The van der Waals surface area contributed by atoms with E-state index in [9.17, 15) is 4.79 Å². The van der Waals surface area contributed by atoms with E-state index >= 15 is 0 Å². The van der Waals surface area contributed by atoms with Gasteiger partial charge in [-0.05, 0) is 30.5 Å². The minimum atomic E-state index is -0.0279. The SMILES string of the molecule is Cc1cc(-c2ccccc2)c2c(n1)OCCCN(Cc1ccccc1)C2=O. The van der Waals surface area contributed by atoms with Crippen molar-refractivity contribution in [2.75, 3.05) is 13.2 Å². The third-order valence-electron chi connectivity index (χ3n) is 4.73. The highest BCUT2D eigenvalue weighted by Crippen LogP contribution is 2.33. The smallest absolute Gasteiger partial charge is 0.260 e. The molecule has 0 atom stereocenters. The molecule has 0 saturated heterocycles. The summed E-state index contributed by atoms with van der Waals surface area (Å²) >= 11 is 0. The first kappa shape index (κ1) is 17.3. The van der Waals surface area contributed by atoms with Crippen molar-refractivity contribution in [3.63, 3.8) is 0 Å². The number of ether oxygens (including phenoxy) is 1. The van der Waals surface area contributed by atoms with Crippen molar-refractivity contribution in [3.8, 4) is 17.0 Å². The number of benzene rings is 2. The molecule has 0 aliphatic carbocycles. The fraction of sp³-hybridized carbons (Fsp3) is 0.217. The average molecular weight is 358 g/mol.